The van der Waals surface area contributed by atoms with Crippen molar-refractivity contribution in [2.45, 2.75) is 0 Å². The van der Waals surface area contributed by atoms with Gasteiger partial charge < -0.3 is 0 Å². The molecule has 0 atom stereocenters. The highest BCUT2D eigenvalue weighted by molar-refractivity contribution is 6.30. The highest BCUT2D eigenvalue weighted by atomic mass is 35.5. The summed E-state index contributed by atoms with van der Waals surface area (Å²) < 4.78 is 0. The molecular formula is C14H9ClN2O. The molecule has 3 rings (SSSR count). The van der Waals surface area contributed by atoms with Gasteiger partial charge in [0, 0.05) is 11.2 Å². The maximum absolute atomic E-state index is 11.8. The number of allylic oxidation sites excluding steroid dienone is 2. The summed E-state index contributed by atoms with van der Waals surface area (Å²) in [5.41, 5.74) is 1.47. The first kappa shape index (κ1) is 11.0. The van der Waals surface area contributed by atoms with Crippen LogP contribution >= 0.6 is 11.6 Å². The molecule has 0 bridgehead atoms. The molecule has 0 unspecified atom stereocenters. The number of carbonyl (C=O) groups is 1. The molecule has 0 saturated heterocycles. The number of rotatable bonds is 1. The molecule has 1 amide bonds. The average molecular weight is 257 g/mol. The number of aliphatic imine (C=N–C) groups is 1. The number of fused-ring (bicyclic) bond motifs is 1. The fourth-order valence-corrected chi connectivity index (χ4v) is 1.97. The lowest BCUT2D eigenvalue weighted by Gasteiger charge is -2.16. The fraction of sp³-hybridized carbons (Fsp3) is 0. The first-order chi connectivity index (χ1) is 8.74. The Bertz CT molecular complexity index is 624. The van der Waals surface area contributed by atoms with E-state index in [0.29, 0.717) is 16.6 Å². The van der Waals surface area contributed by atoms with Crippen molar-refractivity contribution in [3.8, 4) is 0 Å². The first-order valence-electron chi connectivity index (χ1n) is 5.48. The van der Waals surface area contributed by atoms with Crippen LogP contribution in [0.3, 0.4) is 0 Å². The smallest absolute Gasteiger partial charge is 0.295 e. The minimum Gasteiger partial charge on any atom is -0.297 e. The van der Waals surface area contributed by atoms with Crippen molar-refractivity contribution in [2.75, 3.05) is 0 Å². The van der Waals surface area contributed by atoms with Gasteiger partial charge in [-0.3, -0.25) is 9.69 Å². The number of amides is 1. The van der Waals surface area contributed by atoms with E-state index in [1.54, 1.807) is 29.2 Å². The van der Waals surface area contributed by atoms with Crippen LogP contribution in [0.25, 0.3) is 6.08 Å². The molecule has 0 radical (unpaired) electrons. The fourth-order valence-electron chi connectivity index (χ4n) is 1.84. The Labute approximate surface area is 109 Å². The van der Waals surface area contributed by atoms with E-state index in [1.807, 2.05) is 30.5 Å². The number of amidine groups is 1. The Morgan fingerprint density at radius 1 is 1.17 bits per heavy atom. The van der Waals surface area contributed by atoms with Crippen LogP contribution < -0.4 is 0 Å². The van der Waals surface area contributed by atoms with Crippen molar-refractivity contribution in [1.82, 2.24) is 4.90 Å². The number of halogens is 1. The van der Waals surface area contributed by atoms with Gasteiger partial charge in [-0.05, 0) is 35.9 Å². The van der Waals surface area contributed by atoms with E-state index < -0.39 is 0 Å². The molecule has 1 aromatic rings. The van der Waals surface area contributed by atoms with E-state index in [-0.39, 0.29) is 5.91 Å². The highest BCUT2D eigenvalue weighted by Crippen LogP contribution is 2.23. The second-order valence-electron chi connectivity index (χ2n) is 3.93. The quantitative estimate of drug-likeness (QED) is 0.724. The van der Waals surface area contributed by atoms with Gasteiger partial charge in [0.15, 0.2) is 0 Å². The Morgan fingerprint density at radius 3 is 2.72 bits per heavy atom. The predicted octanol–water partition coefficient (Wildman–Crippen LogP) is 3.01. The number of carbonyl (C=O) groups excluding carboxylic acids is 1. The standard InChI is InChI=1S/C14H9ClN2O/c15-11-6-4-10(5-7-11)9-12-14(18)16-13-3-1-2-8-17(12)13/h1-9H. The van der Waals surface area contributed by atoms with E-state index in [1.165, 1.54) is 0 Å². The van der Waals surface area contributed by atoms with Gasteiger partial charge in [-0.25, -0.2) is 0 Å². The molecule has 2 aliphatic rings. The zero-order valence-corrected chi connectivity index (χ0v) is 10.1. The summed E-state index contributed by atoms with van der Waals surface area (Å²) in [6, 6.07) is 7.32. The monoisotopic (exact) mass is 256 g/mol. The van der Waals surface area contributed by atoms with Crippen molar-refractivity contribution < 1.29 is 4.79 Å². The summed E-state index contributed by atoms with van der Waals surface area (Å²) >= 11 is 5.83. The molecule has 0 N–H and O–H groups in total. The topological polar surface area (TPSA) is 32.7 Å². The van der Waals surface area contributed by atoms with Crippen LogP contribution in [0.1, 0.15) is 5.56 Å². The van der Waals surface area contributed by atoms with Gasteiger partial charge in [-0.15, -0.1) is 0 Å². The van der Waals surface area contributed by atoms with E-state index in [9.17, 15) is 4.79 Å². The molecule has 2 heterocycles. The third-order valence-electron chi connectivity index (χ3n) is 2.71. The molecule has 18 heavy (non-hydrogen) atoms. The molecule has 0 fully saturated rings. The largest absolute Gasteiger partial charge is 0.297 e. The van der Waals surface area contributed by atoms with Gasteiger partial charge in [0.1, 0.15) is 11.5 Å². The van der Waals surface area contributed by atoms with Crippen molar-refractivity contribution in [3.05, 3.63) is 65.0 Å². The molecule has 1 aromatic carbocycles. The molecule has 2 aliphatic heterocycles. The SMILES string of the molecule is O=C1N=C2C=CC=CN2C1=Cc1ccc(Cl)cc1. The predicted molar refractivity (Wildman–Crippen MR) is 72.0 cm³/mol. The lowest BCUT2D eigenvalue weighted by molar-refractivity contribution is -0.114. The lowest BCUT2D eigenvalue weighted by Crippen LogP contribution is -2.20. The normalized spacial score (nSPS) is 19.4. The zero-order chi connectivity index (χ0) is 12.5. The van der Waals surface area contributed by atoms with Crippen molar-refractivity contribution in [1.29, 1.82) is 0 Å². The maximum Gasteiger partial charge on any atom is 0.295 e. The van der Waals surface area contributed by atoms with Crippen molar-refractivity contribution in [2.24, 2.45) is 4.99 Å². The van der Waals surface area contributed by atoms with Crippen LogP contribution in [0.5, 0.6) is 0 Å². The number of hydrogen-bond donors (Lipinski definition) is 0. The van der Waals surface area contributed by atoms with E-state index in [4.69, 9.17) is 11.6 Å². The average Bonchev–Trinajstić information content (AvgIpc) is 2.69. The van der Waals surface area contributed by atoms with Crippen molar-refractivity contribution in [3.63, 3.8) is 0 Å². The maximum atomic E-state index is 11.8. The molecule has 0 aliphatic carbocycles. The van der Waals surface area contributed by atoms with Crippen LogP contribution in [0.2, 0.25) is 5.02 Å². The van der Waals surface area contributed by atoms with Crippen LogP contribution in [0.4, 0.5) is 0 Å². The van der Waals surface area contributed by atoms with E-state index in [0.717, 1.165) is 5.56 Å². The minimum absolute atomic E-state index is 0.226. The molecule has 4 heteroatoms. The second kappa shape index (κ2) is 4.27. The number of benzene rings is 1. The third kappa shape index (κ3) is 1.89. The van der Waals surface area contributed by atoms with Gasteiger partial charge in [0.05, 0.1) is 0 Å². The van der Waals surface area contributed by atoms with Crippen LogP contribution in [0, 0.1) is 0 Å². The van der Waals surface area contributed by atoms with Gasteiger partial charge in [0.25, 0.3) is 5.91 Å². The summed E-state index contributed by atoms with van der Waals surface area (Å²) in [7, 11) is 0. The van der Waals surface area contributed by atoms with Crippen molar-refractivity contribution >= 4 is 29.4 Å². The van der Waals surface area contributed by atoms with Crippen LogP contribution in [-0.4, -0.2) is 16.6 Å². The van der Waals surface area contributed by atoms with Gasteiger partial charge >= 0.3 is 0 Å². The third-order valence-corrected chi connectivity index (χ3v) is 2.96. The first-order valence-corrected chi connectivity index (χ1v) is 5.86. The molecule has 0 saturated carbocycles. The molecule has 88 valence electrons. The van der Waals surface area contributed by atoms with E-state index in [2.05, 4.69) is 4.99 Å². The molecule has 0 spiro atoms. The molecule has 3 nitrogen and oxygen atoms in total. The Morgan fingerprint density at radius 2 is 1.94 bits per heavy atom. The summed E-state index contributed by atoms with van der Waals surface area (Å²) in [5.74, 6) is 0.430. The minimum atomic E-state index is -0.226. The van der Waals surface area contributed by atoms with Gasteiger partial charge in [-0.2, -0.15) is 4.99 Å². The summed E-state index contributed by atoms with van der Waals surface area (Å²) in [4.78, 5) is 17.6. The lowest BCUT2D eigenvalue weighted by atomic mass is 10.2. The van der Waals surface area contributed by atoms with Gasteiger partial charge in [-0.1, -0.05) is 29.8 Å². The second-order valence-corrected chi connectivity index (χ2v) is 4.36. The van der Waals surface area contributed by atoms with Crippen LogP contribution in [0.15, 0.2) is 59.4 Å². The van der Waals surface area contributed by atoms with E-state index >= 15 is 0 Å². The summed E-state index contributed by atoms with van der Waals surface area (Å²) in [6.07, 6.45) is 9.16. The Balaban J connectivity index is 1.98. The number of nitrogens with zero attached hydrogens (tertiary/aromatic N) is 2. The zero-order valence-electron chi connectivity index (χ0n) is 9.38. The van der Waals surface area contributed by atoms with Crippen LogP contribution in [-0.2, 0) is 4.79 Å². The highest BCUT2D eigenvalue weighted by Gasteiger charge is 2.27. The summed E-state index contributed by atoms with van der Waals surface area (Å²) in [6.45, 7) is 0. The summed E-state index contributed by atoms with van der Waals surface area (Å²) in [5, 5.41) is 0.674. The Kier molecular flexibility index (Phi) is 2.61. The Hall–Kier alpha value is -2.13. The van der Waals surface area contributed by atoms with Gasteiger partial charge in [0.2, 0.25) is 0 Å². The number of hydrogen-bond acceptors (Lipinski definition) is 2. The molecule has 0 aromatic heterocycles. The molecular weight excluding hydrogens is 248 g/mol.